The lowest BCUT2D eigenvalue weighted by Crippen LogP contribution is -2.03. The maximum absolute atomic E-state index is 5.28. The molecule has 11 aromatic rings. The zero-order valence-electron chi connectivity index (χ0n) is 32.3. The van der Waals surface area contributed by atoms with E-state index in [1.807, 2.05) is 12.1 Å². The highest BCUT2D eigenvalue weighted by molar-refractivity contribution is 6.11. The largest absolute Gasteiger partial charge is 0.309 e. The van der Waals surface area contributed by atoms with Gasteiger partial charge in [-0.15, -0.1) is 0 Å². The fraction of sp³-hybridized carbons (Fsp3) is 0.0370. The molecule has 0 unspecified atom stereocenters. The maximum atomic E-state index is 5.28. The minimum Gasteiger partial charge on any atom is -0.309 e. The van der Waals surface area contributed by atoms with Gasteiger partial charge in [0.2, 0.25) is 0 Å². The molecule has 4 nitrogen and oxygen atoms in total. The number of hydrogen-bond acceptors (Lipinski definition) is 2. The maximum Gasteiger partial charge on any atom is 0.160 e. The van der Waals surface area contributed by atoms with Gasteiger partial charge in [0.25, 0.3) is 0 Å². The summed E-state index contributed by atoms with van der Waals surface area (Å²) in [5, 5.41) is 4.95. The first-order valence-electron chi connectivity index (χ1n) is 19.8. The quantitative estimate of drug-likeness (QED) is 0.170. The van der Waals surface area contributed by atoms with Crippen LogP contribution >= 0.6 is 0 Å². The van der Waals surface area contributed by atoms with Crippen molar-refractivity contribution in [3.8, 4) is 56.4 Å². The van der Waals surface area contributed by atoms with Crippen molar-refractivity contribution in [3.05, 3.63) is 205 Å². The fourth-order valence-corrected chi connectivity index (χ4v) is 8.76. The van der Waals surface area contributed by atoms with Crippen molar-refractivity contribution in [2.24, 2.45) is 0 Å². The number of aryl methyl sites for hydroxylation is 2. The van der Waals surface area contributed by atoms with Crippen LogP contribution in [-0.2, 0) is 0 Å². The van der Waals surface area contributed by atoms with Crippen LogP contribution in [0.25, 0.3) is 100 Å². The number of nitrogens with zero attached hydrogens (tertiary/aromatic N) is 4. The second-order valence-corrected chi connectivity index (χ2v) is 15.2. The van der Waals surface area contributed by atoms with Crippen molar-refractivity contribution in [1.29, 1.82) is 0 Å². The summed E-state index contributed by atoms with van der Waals surface area (Å²) >= 11 is 0. The summed E-state index contributed by atoms with van der Waals surface area (Å²) in [4.78, 5) is 10.6. The third-order valence-electron chi connectivity index (χ3n) is 11.5. The predicted molar refractivity (Wildman–Crippen MR) is 242 cm³/mol. The second-order valence-electron chi connectivity index (χ2n) is 15.2. The van der Waals surface area contributed by atoms with Crippen molar-refractivity contribution in [1.82, 2.24) is 19.1 Å². The monoisotopic (exact) mass is 742 g/mol. The molecule has 0 radical (unpaired) electrons. The molecular weight excluding hydrogens is 705 g/mol. The van der Waals surface area contributed by atoms with E-state index in [0.717, 1.165) is 56.1 Å². The Morgan fingerprint density at radius 1 is 0.328 bits per heavy atom. The van der Waals surface area contributed by atoms with Crippen molar-refractivity contribution in [3.63, 3.8) is 0 Å². The summed E-state index contributed by atoms with van der Waals surface area (Å²) in [6.45, 7) is 4.34. The Morgan fingerprint density at radius 2 is 0.793 bits per heavy atom. The van der Waals surface area contributed by atoms with Crippen LogP contribution in [0.5, 0.6) is 0 Å². The van der Waals surface area contributed by atoms with Gasteiger partial charge in [0.1, 0.15) is 0 Å². The first kappa shape index (κ1) is 33.8. The average Bonchev–Trinajstić information content (AvgIpc) is 3.78. The molecule has 0 amide bonds. The molecule has 4 heteroatoms. The first-order valence-corrected chi connectivity index (χ1v) is 19.8. The van der Waals surface area contributed by atoms with E-state index in [2.05, 4.69) is 205 Å². The number of para-hydroxylation sites is 3. The van der Waals surface area contributed by atoms with E-state index < -0.39 is 0 Å². The molecule has 0 aliphatic carbocycles. The molecule has 0 saturated heterocycles. The molecule has 3 aromatic heterocycles. The molecule has 0 saturated carbocycles. The third kappa shape index (κ3) is 5.53. The first-order chi connectivity index (χ1) is 28.6. The van der Waals surface area contributed by atoms with Crippen molar-refractivity contribution < 1.29 is 0 Å². The molecule has 0 N–H and O–H groups in total. The molecule has 3 heterocycles. The Kier molecular flexibility index (Phi) is 7.90. The van der Waals surface area contributed by atoms with Crippen molar-refractivity contribution in [2.75, 3.05) is 0 Å². The zero-order chi connectivity index (χ0) is 38.7. The van der Waals surface area contributed by atoms with E-state index in [1.54, 1.807) is 0 Å². The van der Waals surface area contributed by atoms with Gasteiger partial charge in [-0.3, -0.25) is 0 Å². The van der Waals surface area contributed by atoms with Gasteiger partial charge in [-0.1, -0.05) is 139 Å². The Hall–Kier alpha value is -7.56. The topological polar surface area (TPSA) is 35.6 Å². The molecule has 8 aromatic carbocycles. The number of aromatic nitrogens is 4. The van der Waals surface area contributed by atoms with Crippen LogP contribution in [0.15, 0.2) is 194 Å². The fourth-order valence-electron chi connectivity index (χ4n) is 8.76. The Bertz CT molecular complexity index is 3300. The van der Waals surface area contributed by atoms with Gasteiger partial charge < -0.3 is 9.13 Å². The van der Waals surface area contributed by atoms with E-state index >= 15 is 0 Å². The number of fused-ring (bicyclic) bond motifs is 6. The third-order valence-corrected chi connectivity index (χ3v) is 11.5. The summed E-state index contributed by atoms with van der Waals surface area (Å²) in [6, 6.07) is 69.6. The van der Waals surface area contributed by atoms with Gasteiger partial charge in [0.05, 0.1) is 44.8 Å². The SMILES string of the molecule is Cc1ccc2c(c1)c1ccccc1n2-c1ccccc1-c1cc(-c2nc(-c3ccccc3)cc(-c3ccccc3)n2)ccc1-n1c2ccccc2c2cc(C)ccc21. The van der Waals surface area contributed by atoms with Crippen LogP contribution in [0, 0.1) is 13.8 Å². The van der Waals surface area contributed by atoms with E-state index in [0.29, 0.717) is 5.82 Å². The lowest BCUT2D eigenvalue weighted by Gasteiger charge is -2.20. The van der Waals surface area contributed by atoms with Gasteiger partial charge in [-0.05, 0) is 80.6 Å². The number of hydrogen-bond donors (Lipinski definition) is 0. The molecular formula is C54H38N4. The normalized spacial score (nSPS) is 11.6. The molecule has 0 fully saturated rings. The van der Waals surface area contributed by atoms with Crippen LogP contribution in [0.3, 0.4) is 0 Å². The standard InChI is InChI=1S/C54H38N4/c1-35-25-28-51-43(31-35)40-19-9-12-22-48(40)57(51)50-24-14-11-21-42(50)45-33-39(27-30-53(45)58-49-23-13-10-20-41(49)44-32-36(2)26-29-52(44)58)54-55-46(37-15-5-3-6-16-37)34-47(56-54)38-17-7-4-8-18-38/h3-34H,1-2H3. The van der Waals surface area contributed by atoms with E-state index in [4.69, 9.17) is 9.97 Å². The zero-order valence-corrected chi connectivity index (χ0v) is 32.3. The Morgan fingerprint density at radius 3 is 1.36 bits per heavy atom. The number of rotatable bonds is 6. The van der Waals surface area contributed by atoms with Crippen LogP contribution in [0.2, 0.25) is 0 Å². The second kappa shape index (κ2) is 13.6. The molecule has 0 spiro atoms. The van der Waals surface area contributed by atoms with E-state index in [1.165, 1.54) is 49.2 Å². The summed E-state index contributed by atoms with van der Waals surface area (Å²) < 4.78 is 4.87. The van der Waals surface area contributed by atoms with Crippen molar-refractivity contribution >= 4 is 43.6 Å². The predicted octanol–water partition coefficient (Wildman–Crippen LogP) is 14.0. The number of benzene rings is 8. The molecule has 0 atom stereocenters. The van der Waals surface area contributed by atoms with E-state index in [9.17, 15) is 0 Å². The molecule has 0 aliphatic rings. The lowest BCUT2D eigenvalue weighted by molar-refractivity contribution is 1.15. The molecule has 58 heavy (non-hydrogen) atoms. The Labute approximate surface area is 337 Å². The summed E-state index contributed by atoms with van der Waals surface area (Å²) in [7, 11) is 0. The molecule has 274 valence electrons. The molecule has 11 rings (SSSR count). The average molecular weight is 743 g/mol. The highest BCUT2D eigenvalue weighted by atomic mass is 15.0. The molecule has 0 bridgehead atoms. The minimum atomic E-state index is 0.677. The van der Waals surface area contributed by atoms with Gasteiger partial charge in [0.15, 0.2) is 5.82 Å². The highest BCUT2D eigenvalue weighted by Gasteiger charge is 2.22. The summed E-state index contributed by atoms with van der Waals surface area (Å²) in [5.74, 6) is 0.677. The van der Waals surface area contributed by atoms with Gasteiger partial charge in [-0.25, -0.2) is 9.97 Å². The minimum absolute atomic E-state index is 0.677. The van der Waals surface area contributed by atoms with Crippen LogP contribution in [0.1, 0.15) is 11.1 Å². The van der Waals surface area contributed by atoms with Crippen LogP contribution < -0.4 is 0 Å². The van der Waals surface area contributed by atoms with Crippen LogP contribution in [0.4, 0.5) is 0 Å². The van der Waals surface area contributed by atoms with Gasteiger partial charge >= 0.3 is 0 Å². The van der Waals surface area contributed by atoms with Crippen molar-refractivity contribution in [2.45, 2.75) is 13.8 Å². The smallest absolute Gasteiger partial charge is 0.160 e. The van der Waals surface area contributed by atoms with Gasteiger partial charge in [0, 0.05) is 49.4 Å². The molecule has 0 aliphatic heterocycles. The van der Waals surface area contributed by atoms with E-state index in [-0.39, 0.29) is 0 Å². The lowest BCUT2D eigenvalue weighted by atomic mass is 9.97. The summed E-state index contributed by atoms with van der Waals surface area (Å²) in [5.41, 5.74) is 16.4. The van der Waals surface area contributed by atoms with Crippen LogP contribution in [-0.4, -0.2) is 19.1 Å². The highest BCUT2D eigenvalue weighted by Crippen LogP contribution is 2.42. The summed E-state index contributed by atoms with van der Waals surface area (Å²) in [6.07, 6.45) is 0. The Balaban J connectivity index is 1.23. The van der Waals surface area contributed by atoms with Gasteiger partial charge in [-0.2, -0.15) is 0 Å².